The van der Waals surface area contributed by atoms with Crippen molar-refractivity contribution in [3.05, 3.63) is 83.3 Å². The highest BCUT2D eigenvalue weighted by molar-refractivity contribution is 6.30. The quantitative estimate of drug-likeness (QED) is 0.372. The number of nitrogen functional groups attached to an aromatic ring is 1. The summed E-state index contributed by atoms with van der Waals surface area (Å²) in [5.41, 5.74) is 10.1. The average Bonchev–Trinajstić information content (AvgIpc) is 3.55. The Balaban J connectivity index is 1.45. The van der Waals surface area contributed by atoms with E-state index in [2.05, 4.69) is 19.5 Å². The van der Waals surface area contributed by atoms with Gasteiger partial charge >= 0.3 is 0 Å². The molecule has 0 amide bonds. The number of nitrogens with two attached hydrogens (primary N) is 1. The van der Waals surface area contributed by atoms with E-state index in [1.165, 1.54) is 6.33 Å². The van der Waals surface area contributed by atoms with Crippen molar-refractivity contribution in [1.29, 1.82) is 0 Å². The first-order chi connectivity index (χ1) is 15.6. The Morgan fingerprint density at radius 3 is 2.75 bits per heavy atom. The lowest BCUT2D eigenvalue weighted by atomic mass is 10.00. The van der Waals surface area contributed by atoms with Crippen LogP contribution in [-0.4, -0.2) is 19.5 Å². The summed E-state index contributed by atoms with van der Waals surface area (Å²) in [6.45, 7) is 0. The Labute approximate surface area is 188 Å². The number of anilines is 1. The summed E-state index contributed by atoms with van der Waals surface area (Å²) in [5, 5.41) is 2.66. The molecule has 3 heterocycles. The van der Waals surface area contributed by atoms with Gasteiger partial charge in [0.25, 0.3) is 0 Å². The van der Waals surface area contributed by atoms with Crippen molar-refractivity contribution >= 4 is 39.2 Å². The molecule has 2 aromatic carbocycles. The summed E-state index contributed by atoms with van der Waals surface area (Å²) in [7, 11) is 0. The van der Waals surface area contributed by atoms with Crippen LogP contribution in [0.15, 0.2) is 61.2 Å². The molecular formula is C25H19ClFN5. The number of halogens is 2. The lowest BCUT2D eigenvalue weighted by molar-refractivity contribution is 0.642. The van der Waals surface area contributed by atoms with Gasteiger partial charge in [-0.25, -0.2) is 14.4 Å². The van der Waals surface area contributed by atoms with Gasteiger partial charge in [0.15, 0.2) is 0 Å². The summed E-state index contributed by atoms with van der Waals surface area (Å²) in [4.78, 5) is 13.1. The zero-order chi connectivity index (χ0) is 21.8. The molecule has 0 aliphatic heterocycles. The number of benzene rings is 2. The highest BCUT2D eigenvalue weighted by atomic mass is 35.5. The van der Waals surface area contributed by atoms with Crippen LogP contribution in [0.25, 0.3) is 32.9 Å². The summed E-state index contributed by atoms with van der Waals surface area (Å²) in [6.07, 6.45) is 7.83. The van der Waals surface area contributed by atoms with E-state index in [1.807, 2.05) is 42.6 Å². The fraction of sp³-hybridized carbons (Fsp3) is 0.160. The largest absolute Gasteiger partial charge is 0.383 e. The minimum Gasteiger partial charge on any atom is -0.383 e. The van der Waals surface area contributed by atoms with Gasteiger partial charge in [0.1, 0.15) is 23.6 Å². The number of rotatable bonds is 4. The standard InChI is InChI=1S/C25H19ClFN5/c26-16-3-1-2-14(8-16)9-17-10-15-4-7-19(23(27)20(15)11-29-17)21-12-32(18-5-6-18)25-22(21)24(28)30-13-31-25/h1-4,7-8,10-13,18H,5-6,9H2,(H2,28,30,31). The van der Waals surface area contributed by atoms with Crippen LogP contribution in [0.5, 0.6) is 0 Å². The van der Waals surface area contributed by atoms with E-state index in [9.17, 15) is 0 Å². The van der Waals surface area contributed by atoms with Crippen molar-refractivity contribution in [2.75, 3.05) is 5.73 Å². The molecule has 1 saturated carbocycles. The smallest absolute Gasteiger partial charge is 0.146 e. The average molecular weight is 444 g/mol. The summed E-state index contributed by atoms with van der Waals surface area (Å²) >= 11 is 6.09. The van der Waals surface area contributed by atoms with Crippen molar-refractivity contribution in [3.8, 4) is 11.1 Å². The topological polar surface area (TPSA) is 69.6 Å². The molecule has 1 aliphatic rings. The van der Waals surface area contributed by atoms with E-state index in [4.69, 9.17) is 17.3 Å². The maximum absolute atomic E-state index is 15.7. The van der Waals surface area contributed by atoms with Crippen molar-refractivity contribution in [3.63, 3.8) is 0 Å². The fourth-order valence-electron chi connectivity index (χ4n) is 4.33. The third-order valence-corrected chi connectivity index (χ3v) is 6.27. The predicted molar refractivity (Wildman–Crippen MR) is 125 cm³/mol. The highest BCUT2D eigenvalue weighted by Crippen LogP contribution is 2.43. The van der Waals surface area contributed by atoms with Gasteiger partial charge in [0, 0.05) is 52.1 Å². The van der Waals surface area contributed by atoms with Gasteiger partial charge in [-0.15, -0.1) is 0 Å². The zero-order valence-corrected chi connectivity index (χ0v) is 17.9. The molecule has 0 bridgehead atoms. The maximum atomic E-state index is 15.7. The van der Waals surface area contributed by atoms with E-state index in [1.54, 1.807) is 12.3 Å². The van der Waals surface area contributed by atoms with Crippen LogP contribution in [0.4, 0.5) is 10.2 Å². The minimum absolute atomic E-state index is 0.317. The van der Waals surface area contributed by atoms with Crippen molar-refractivity contribution < 1.29 is 4.39 Å². The SMILES string of the molecule is Nc1ncnc2c1c(-c1ccc3cc(Cc4cccc(Cl)c4)ncc3c1F)cn2C1CC1. The zero-order valence-electron chi connectivity index (χ0n) is 17.1. The molecule has 32 heavy (non-hydrogen) atoms. The Hall–Kier alpha value is -3.51. The lowest BCUT2D eigenvalue weighted by Gasteiger charge is -2.08. The molecule has 5 nitrogen and oxygen atoms in total. The van der Waals surface area contributed by atoms with Crippen LogP contribution < -0.4 is 5.73 Å². The Bertz CT molecular complexity index is 1510. The number of aromatic nitrogens is 4. The van der Waals surface area contributed by atoms with Crippen LogP contribution in [-0.2, 0) is 6.42 Å². The molecule has 7 heteroatoms. The molecular weight excluding hydrogens is 425 g/mol. The second-order valence-electron chi connectivity index (χ2n) is 8.27. The first-order valence-electron chi connectivity index (χ1n) is 10.5. The summed E-state index contributed by atoms with van der Waals surface area (Å²) < 4.78 is 17.8. The lowest BCUT2D eigenvalue weighted by Crippen LogP contribution is -1.96. The molecule has 6 rings (SSSR count). The van der Waals surface area contributed by atoms with Crippen LogP contribution in [0, 0.1) is 5.82 Å². The van der Waals surface area contributed by atoms with Crippen molar-refractivity contribution in [2.45, 2.75) is 25.3 Å². The van der Waals surface area contributed by atoms with E-state index < -0.39 is 0 Å². The molecule has 1 fully saturated rings. The van der Waals surface area contributed by atoms with E-state index in [0.29, 0.717) is 45.2 Å². The molecule has 3 aromatic heterocycles. The van der Waals surface area contributed by atoms with Gasteiger partial charge in [-0.2, -0.15) is 0 Å². The highest BCUT2D eigenvalue weighted by Gasteiger charge is 2.28. The maximum Gasteiger partial charge on any atom is 0.146 e. The van der Waals surface area contributed by atoms with E-state index >= 15 is 4.39 Å². The van der Waals surface area contributed by atoms with Crippen LogP contribution in [0.2, 0.25) is 5.02 Å². The normalized spacial score (nSPS) is 13.8. The molecule has 2 N–H and O–H groups in total. The number of hydrogen-bond donors (Lipinski definition) is 1. The second-order valence-corrected chi connectivity index (χ2v) is 8.71. The Kier molecular flexibility index (Phi) is 4.36. The second kappa shape index (κ2) is 7.28. The predicted octanol–water partition coefficient (Wildman–Crippen LogP) is 5.95. The third-order valence-electron chi connectivity index (χ3n) is 6.04. The molecule has 1 aliphatic carbocycles. The molecule has 0 radical (unpaired) electrons. The summed E-state index contributed by atoms with van der Waals surface area (Å²) in [6, 6.07) is 13.7. The van der Waals surface area contributed by atoms with Crippen LogP contribution >= 0.6 is 11.6 Å². The Morgan fingerprint density at radius 2 is 1.94 bits per heavy atom. The van der Waals surface area contributed by atoms with Gasteiger partial charge in [-0.1, -0.05) is 35.9 Å². The number of nitrogens with zero attached hydrogens (tertiary/aromatic N) is 4. The van der Waals surface area contributed by atoms with Gasteiger partial charge in [0.2, 0.25) is 0 Å². The molecule has 0 spiro atoms. The molecule has 0 atom stereocenters. The number of pyridine rings is 1. The van der Waals surface area contributed by atoms with Crippen molar-refractivity contribution in [1.82, 2.24) is 19.5 Å². The third kappa shape index (κ3) is 3.19. The van der Waals surface area contributed by atoms with Crippen molar-refractivity contribution in [2.24, 2.45) is 0 Å². The molecule has 158 valence electrons. The fourth-order valence-corrected chi connectivity index (χ4v) is 4.55. The molecule has 0 unspecified atom stereocenters. The molecule has 5 aromatic rings. The number of hydrogen-bond acceptors (Lipinski definition) is 4. The number of fused-ring (bicyclic) bond motifs is 2. The monoisotopic (exact) mass is 443 g/mol. The first kappa shape index (κ1) is 19.2. The minimum atomic E-state index is -0.317. The first-order valence-corrected chi connectivity index (χ1v) is 10.9. The molecule has 0 saturated heterocycles. The van der Waals surface area contributed by atoms with Crippen LogP contribution in [0.3, 0.4) is 0 Å². The van der Waals surface area contributed by atoms with Crippen LogP contribution in [0.1, 0.15) is 30.1 Å². The summed E-state index contributed by atoms with van der Waals surface area (Å²) in [5.74, 6) is 0.0429. The Morgan fingerprint density at radius 1 is 1.06 bits per heavy atom. The van der Waals surface area contributed by atoms with Gasteiger partial charge in [0.05, 0.1) is 5.39 Å². The van der Waals surface area contributed by atoms with E-state index in [-0.39, 0.29) is 5.82 Å². The van der Waals surface area contributed by atoms with Gasteiger partial charge < -0.3 is 10.3 Å². The van der Waals surface area contributed by atoms with E-state index in [0.717, 1.165) is 35.1 Å². The van der Waals surface area contributed by atoms with Gasteiger partial charge in [-0.3, -0.25) is 4.98 Å². The van der Waals surface area contributed by atoms with Gasteiger partial charge in [-0.05, 0) is 42.0 Å².